The maximum Gasteiger partial charge on any atom is 0.230 e. The van der Waals surface area contributed by atoms with E-state index in [1.165, 1.54) is 0 Å². The number of carbonyl (C=O) groups is 1. The molecule has 5 heteroatoms. The zero-order chi connectivity index (χ0) is 16.3. The first-order valence-corrected chi connectivity index (χ1v) is 8.28. The number of ether oxygens (including phenoxy) is 1. The molecule has 0 unspecified atom stereocenters. The normalized spacial score (nSPS) is 15.0. The van der Waals surface area contributed by atoms with Crippen molar-refractivity contribution in [2.45, 2.75) is 18.3 Å². The Kier molecular flexibility index (Phi) is 4.79. The van der Waals surface area contributed by atoms with Crippen LogP contribution in [-0.4, -0.2) is 19.1 Å². The smallest absolute Gasteiger partial charge is 0.230 e. The largest absolute Gasteiger partial charge is 0.492 e. The molecule has 1 aliphatic carbocycles. The first kappa shape index (κ1) is 16.2. The van der Waals surface area contributed by atoms with Gasteiger partial charge in [0.05, 0.1) is 12.0 Å². The van der Waals surface area contributed by atoms with Crippen molar-refractivity contribution in [3.05, 3.63) is 64.1 Å². The van der Waals surface area contributed by atoms with Crippen LogP contribution < -0.4 is 10.1 Å². The van der Waals surface area contributed by atoms with Crippen molar-refractivity contribution in [2.24, 2.45) is 0 Å². The van der Waals surface area contributed by atoms with Gasteiger partial charge in [-0.05, 0) is 54.8 Å². The van der Waals surface area contributed by atoms with Crippen LogP contribution >= 0.6 is 23.2 Å². The monoisotopic (exact) mass is 349 g/mol. The van der Waals surface area contributed by atoms with Crippen molar-refractivity contribution in [2.75, 3.05) is 13.2 Å². The maximum atomic E-state index is 12.5. The predicted octanol–water partition coefficient (Wildman–Crippen LogP) is 4.22. The standard InChI is InChI=1S/C18H17Cl2NO2/c19-14-3-1-13(2-4-14)18(9-10-18)17(22)21-11-12-23-16-7-5-15(20)6-8-16/h1-8H,9-12H2,(H,21,22). The number of carbonyl (C=O) groups excluding carboxylic acids is 1. The van der Waals surface area contributed by atoms with Crippen LogP contribution in [0.2, 0.25) is 10.0 Å². The lowest BCUT2D eigenvalue weighted by Crippen LogP contribution is -2.37. The van der Waals surface area contributed by atoms with Crippen molar-refractivity contribution < 1.29 is 9.53 Å². The Morgan fingerprint density at radius 3 is 2.13 bits per heavy atom. The lowest BCUT2D eigenvalue weighted by Gasteiger charge is -2.16. The number of nitrogens with one attached hydrogen (secondary N) is 1. The van der Waals surface area contributed by atoms with Crippen molar-refractivity contribution in [3.8, 4) is 5.75 Å². The molecule has 1 aliphatic rings. The van der Waals surface area contributed by atoms with Crippen LogP contribution in [0, 0.1) is 0 Å². The van der Waals surface area contributed by atoms with Crippen molar-refractivity contribution in [3.63, 3.8) is 0 Å². The summed E-state index contributed by atoms with van der Waals surface area (Å²) in [5.41, 5.74) is 0.642. The number of hydrogen-bond acceptors (Lipinski definition) is 2. The van der Waals surface area contributed by atoms with E-state index in [0.717, 1.165) is 24.2 Å². The second-order valence-corrected chi connectivity index (χ2v) is 6.52. The van der Waals surface area contributed by atoms with Crippen molar-refractivity contribution in [1.82, 2.24) is 5.32 Å². The summed E-state index contributed by atoms with van der Waals surface area (Å²) in [5.74, 6) is 0.794. The van der Waals surface area contributed by atoms with Gasteiger partial charge in [0.2, 0.25) is 5.91 Å². The molecule has 0 aliphatic heterocycles. The van der Waals surface area contributed by atoms with Gasteiger partial charge in [0.15, 0.2) is 0 Å². The molecule has 0 spiro atoms. The fraction of sp³-hybridized carbons (Fsp3) is 0.278. The van der Waals surface area contributed by atoms with Gasteiger partial charge in [0.1, 0.15) is 12.4 Å². The second kappa shape index (κ2) is 6.81. The van der Waals surface area contributed by atoms with Gasteiger partial charge < -0.3 is 10.1 Å². The fourth-order valence-electron chi connectivity index (χ4n) is 2.57. The van der Waals surface area contributed by atoms with Crippen LogP contribution in [0.5, 0.6) is 5.75 Å². The Morgan fingerprint density at radius 2 is 1.57 bits per heavy atom. The van der Waals surface area contributed by atoms with E-state index in [1.54, 1.807) is 24.3 Å². The zero-order valence-electron chi connectivity index (χ0n) is 12.5. The van der Waals surface area contributed by atoms with E-state index in [-0.39, 0.29) is 11.3 Å². The average Bonchev–Trinajstić information content (AvgIpc) is 3.35. The molecule has 1 N–H and O–H groups in total. The van der Waals surface area contributed by atoms with Gasteiger partial charge in [0.25, 0.3) is 0 Å². The number of benzene rings is 2. The van der Waals surface area contributed by atoms with Crippen LogP contribution in [0.1, 0.15) is 18.4 Å². The fourth-order valence-corrected chi connectivity index (χ4v) is 2.83. The summed E-state index contributed by atoms with van der Waals surface area (Å²) >= 11 is 11.7. The van der Waals surface area contributed by atoms with Gasteiger partial charge in [-0.15, -0.1) is 0 Å². The molecule has 2 aromatic rings. The van der Waals surface area contributed by atoms with E-state index in [2.05, 4.69) is 5.32 Å². The molecule has 1 saturated carbocycles. The Bertz CT molecular complexity index is 679. The highest BCUT2D eigenvalue weighted by molar-refractivity contribution is 6.30. The highest BCUT2D eigenvalue weighted by Gasteiger charge is 2.50. The third kappa shape index (κ3) is 3.80. The Hall–Kier alpha value is -1.71. The molecule has 0 saturated heterocycles. The Morgan fingerprint density at radius 1 is 1.00 bits per heavy atom. The summed E-state index contributed by atoms with van der Waals surface area (Å²) < 4.78 is 5.58. The third-order valence-corrected chi connectivity index (χ3v) is 4.56. The lowest BCUT2D eigenvalue weighted by atomic mass is 9.95. The molecular formula is C18H17Cl2NO2. The van der Waals surface area contributed by atoms with Crippen molar-refractivity contribution >= 4 is 29.1 Å². The summed E-state index contributed by atoms with van der Waals surface area (Å²) in [6.07, 6.45) is 1.75. The molecule has 0 atom stereocenters. The van der Waals surface area contributed by atoms with Crippen LogP contribution in [-0.2, 0) is 10.2 Å². The maximum absolute atomic E-state index is 12.5. The minimum atomic E-state index is -0.384. The molecule has 120 valence electrons. The minimum absolute atomic E-state index is 0.0551. The topological polar surface area (TPSA) is 38.3 Å². The summed E-state index contributed by atoms with van der Waals surface area (Å²) in [4.78, 5) is 12.5. The van der Waals surface area contributed by atoms with E-state index in [9.17, 15) is 4.79 Å². The number of rotatable bonds is 6. The summed E-state index contributed by atoms with van der Waals surface area (Å²) in [7, 11) is 0. The molecule has 0 radical (unpaired) electrons. The molecule has 2 aromatic carbocycles. The second-order valence-electron chi connectivity index (χ2n) is 5.65. The van der Waals surface area contributed by atoms with E-state index >= 15 is 0 Å². The van der Waals surface area contributed by atoms with E-state index < -0.39 is 0 Å². The van der Waals surface area contributed by atoms with Crippen LogP contribution in [0.4, 0.5) is 0 Å². The van der Waals surface area contributed by atoms with Gasteiger partial charge in [-0.1, -0.05) is 35.3 Å². The van der Waals surface area contributed by atoms with E-state index in [1.807, 2.05) is 24.3 Å². The minimum Gasteiger partial charge on any atom is -0.492 e. The number of halogens is 2. The van der Waals surface area contributed by atoms with Crippen LogP contribution in [0.25, 0.3) is 0 Å². The molecule has 1 fully saturated rings. The highest BCUT2D eigenvalue weighted by atomic mass is 35.5. The molecule has 0 aromatic heterocycles. The lowest BCUT2D eigenvalue weighted by molar-refractivity contribution is -0.123. The Balaban J connectivity index is 1.49. The molecule has 0 bridgehead atoms. The Labute approximate surface area is 145 Å². The molecule has 23 heavy (non-hydrogen) atoms. The highest BCUT2D eigenvalue weighted by Crippen LogP contribution is 2.48. The SMILES string of the molecule is O=C(NCCOc1ccc(Cl)cc1)C1(c2ccc(Cl)cc2)CC1. The molecule has 3 rings (SSSR count). The number of amides is 1. The predicted molar refractivity (Wildman–Crippen MR) is 92.3 cm³/mol. The number of hydrogen-bond donors (Lipinski definition) is 1. The molecule has 1 amide bonds. The third-order valence-electron chi connectivity index (χ3n) is 4.05. The van der Waals surface area contributed by atoms with Gasteiger partial charge >= 0.3 is 0 Å². The molecule has 3 nitrogen and oxygen atoms in total. The molecule has 0 heterocycles. The van der Waals surface area contributed by atoms with Crippen molar-refractivity contribution in [1.29, 1.82) is 0 Å². The van der Waals surface area contributed by atoms with Gasteiger partial charge in [-0.3, -0.25) is 4.79 Å². The quantitative estimate of drug-likeness (QED) is 0.792. The van der Waals surface area contributed by atoms with E-state index in [4.69, 9.17) is 27.9 Å². The summed E-state index contributed by atoms with van der Waals surface area (Å²) in [6, 6.07) is 14.7. The average molecular weight is 350 g/mol. The summed E-state index contributed by atoms with van der Waals surface area (Å²) in [6.45, 7) is 0.890. The van der Waals surface area contributed by atoms with E-state index in [0.29, 0.717) is 23.2 Å². The first-order valence-electron chi connectivity index (χ1n) is 7.53. The zero-order valence-corrected chi connectivity index (χ0v) is 14.0. The van der Waals surface area contributed by atoms with Crippen LogP contribution in [0.15, 0.2) is 48.5 Å². The summed E-state index contributed by atoms with van der Waals surface area (Å²) in [5, 5.41) is 4.31. The van der Waals surface area contributed by atoms with Gasteiger partial charge in [-0.25, -0.2) is 0 Å². The molecular weight excluding hydrogens is 333 g/mol. The first-order chi connectivity index (χ1) is 11.1. The van der Waals surface area contributed by atoms with Crippen LogP contribution in [0.3, 0.4) is 0 Å². The van der Waals surface area contributed by atoms with Gasteiger partial charge in [0, 0.05) is 10.0 Å². The van der Waals surface area contributed by atoms with Gasteiger partial charge in [-0.2, -0.15) is 0 Å².